The van der Waals surface area contributed by atoms with E-state index in [0.29, 0.717) is 38.1 Å². The summed E-state index contributed by atoms with van der Waals surface area (Å²) in [4.78, 5) is 17.8. The molecular formula is C25H18Br2F3N3O3. The van der Waals surface area contributed by atoms with Gasteiger partial charge in [-0.15, -0.1) is 0 Å². The summed E-state index contributed by atoms with van der Waals surface area (Å²) < 4.78 is 53.3. The molecule has 0 N–H and O–H groups in total. The predicted molar refractivity (Wildman–Crippen MR) is 139 cm³/mol. The molecule has 0 radical (unpaired) electrons. The minimum absolute atomic E-state index is 0.0326. The predicted octanol–water partition coefficient (Wildman–Crippen LogP) is 6.90. The Morgan fingerprint density at radius 1 is 1.08 bits per heavy atom. The minimum atomic E-state index is -4.56. The van der Waals surface area contributed by atoms with E-state index in [0.717, 1.165) is 16.8 Å². The van der Waals surface area contributed by atoms with E-state index < -0.39 is 17.3 Å². The zero-order valence-corrected chi connectivity index (χ0v) is 22.1. The molecule has 0 bridgehead atoms. The van der Waals surface area contributed by atoms with Crippen LogP contribution < -0.4 is 15.0 Å². The summed E-state index contributed by atoms with van der Waals surface area (Å²) in [6.07, 6.45) is -3.16. The number of fused-ring (bicyclic) bond motifs is 1. The standard InChI is InChI=1S/C25H18Br2F3N3O3/c1-3-36-19-12-15(20(26)21(27)22(19)35-2)13-31-33-23(14-7-6-8-16(11-14)25(28,29)30)32-18-10-5-4-9-17(18)24(33)34/h4-13H,3H2,1-2H3. The van der Waals surface area contributed by atoms with Gasteiger partial charge in [0, 0.05) is 15.6 Å². The molecule has 0 unspecified atom stereocenters. The number of hydrogen-bond acceptors (Lipinski definition) is 5. The largest absolute Gasteiger partial charge is 0.492 e. The van der Waals surface area contributed by atoms with Crippen molar-refractivity contribution in [2.24, 2.45) is 5.10 Å². The number of ether oxygens (including phenoxy) is 2. The van der Waals surface area contributed by atoms with Crippen molar-refractivity contribution in [3.8, 4) is 22.9 Å². The number of nitrogens with zero attached hydrogens (tertiary/aromatic N) is 3. The van der Waals surface area contributed by atoms with E-state index in [1.807, 2.05) is 6.92 Å². The summed E-state index contributed by atoms with van der Waals surface area (Å²) in [5.74, 6) is 0.878. The normalized spacial score (nSPS) is 11.9. The van der Waals surface area contributed by atoms with E-state index in [9.17, 15) is 18.0 Å². The van der Waals surface area contributed by atoms with Gasteiger partial charge < -0.3 is 9.47 Å². The summed E-state index contributed by atoms with van der Waals surface area (Å²) in [5.41, 5.74) is -0.427. The van der Waals surface area contributed by atoms with Crippen LogP contribution in [0.5, 0.6) is 11.5 Å². The quantitative estimate of drug-likeness (QED) is 0.219. The Morgan fingerprint density at radius 3 is 2.53 bits per heavy atom. The molecule has 0 amide bonds. The Kier molecular flexibility index (Phi) is 7.51. The Balaban J connectivity index is 1.94. The van der Waals surface area contributed by atoms with E-state index in [4.69, 9.17) is 9.47 Å². The van der Waals surface area contributed by atoms with Gasteiger partial charge in [-0.1, -0.05) is 24.3 Å². The van der Waals surface area contributed by atoms with E-state index >= 15 is 0 Å². The van der Waals surface area contributed by atoms with Crippen LogP contribution in [0.2, 0.25) is 0 Å². The van der Waals surface area contributed by atoms with Crippen molar-refractivity contribution < 1.29 is 22.6 Å². The highest BCUT2D eigenvalue weighted by Crippen LogP contribution is 2.42. The van der Waals surface area contributed by atoms with Gasteiger partial charge in [0.25, 0.3) is 5.56 Å². The molecule has 0 saturated heterocycles. The lowest BCUT2D eigenvalue weighted by molar-refractivity contribution is -0.137. The van der Waals surface area contributed by atoms with Crippen molar-refractivity contribution >= 4 is 49.0 Å². The highest BCUT2D eigenvalue weighted by atomic mass is 79.9. The number of alkyl halides is 3. The number of halogens is 5. The van der Waals surface area contributed by atoms with Crippen molar-refractivity contribution in [3.63, 3.8) is 0 Å². The van der Waals surface area contributed by atoms with E-state index in [1.54, 1.807) is 30.3 Å². The minimum Gasteiger partial charge on any atom is -0.492 e. The molecular weight excluding hydrogens is 607 g/mol. The van der Waals surface area contributed by atoms with Gasteiger partial charge in [0.15, 0.2) is 17.3 Å². The molecule has 11 heteroatoms. The molecule has 1 heterocycles. The smallest absolute Gasteiger partial charge is 0.416 e. The summed E-state index contributed by atoms with van der Waals surface area (Å²) in [6, 6.07) is 12.9. The van der Waals surface area contributed by atoms with Crippen LogP contribution in [0, 0.1) is 0 Å². The van der Waals surface area contributed by atoms with Gasteiger partial charge in [0.05, 0.1) is 40.9 Å². The van der Waals surface area contributed by atoms with Crippen LogP contribution in [-0.4, -0.2) is 29.6 Å². The zero-order chi connectivity index (χ0) is 26.0. The molecule has 0 aliphatic carbocycles. The summed E-state index contributed by atoms with van der Waals surface area (Å²) in [6.45, 7) is 2.21. The van der Waals surface area contributed by atoms with Gasteiger partial charge in [-0.05, 0) is 69.1 Å². The SMILES string of the molecule is CCOc1cc(C=Nn2c(-c3cccc(C(F)(F)F)c3)nc3ccccc3c2=O)c(Br)c(Br)c1OC. The Morgan fingerprint density at radius 2 is 1.83 bits per heavy atom. The Labute approximate surface area is 220 Å². The number of methoxy groups -OCH3 is 1. The second-order valence-electron chi connectivity index (χ2n) is 7.45. The van der Waals surface area contributed by atoms with Gasteiger partial charge in [-0.25, -0.2) is 4.98 Å². The molecule has 0 fully saturated rings. The molecule has 6 nitrogen and oxygen atoms in total. The number of para-hydroxylation sites is 1. The van der Waals surface area contributed by atoms with Crippen molar-refractivity contribution in [1.82, 2.24) is 9.66 Å². The van der Waals surface area contributed by atoms with Crippen molar-refractivity contribution in [1.29, 1.82) is 0 Å². The number of aromatic nitrogens is 2. The average Bonchev–Trinajstić information content (AvgIpc) is 2.86. The molecule has 3 aromatic carbocycles. The summed E-state index contributed by atoms with van der Waals surface area (Å²) in [7, 11) is 1.50. The fourth-order valence-electron chi connectivity index (χ4n) is 3.52. The van der Waals surface area contributed by atoms with E-state index in [1.165, 1.54) is 25.5 Å². The molecule has 4 aromatic rings. The first-order chi connectivity index (χ1) is 17.2. The highest BCUT2D eigenvalue weighted by Gasteiger charge is 2.31. The van der Waals surface area contributed by atoms with Crippen LogP contribution in [0.4, 0.5) is 13.2 Å². The third-order valence-corrected chi connectivity index (χ3v) is 7.32. The topological polar surface area (TPSA) is 65.7 Å². The van der Waals surface area contributed by atoms with Crippen LogP contribution in [-0.2, 0) is 6.18 Å². The molecule has 4 rings (SSSR count). The second kappa shape index (κ2) is 10.4. The number of benzene rings is 3. The van der Waals surface area contributed by atoms with Gasteiger partial charge >= 0.3 is 6.18 Å². The molecule has 0 aliphatic heterocycles. The Bertz CT molecular complexity index is 1540. The van der Waals surface area contributed by atoms with Crippen LogP contribution in [0.3, 0.4) is 0 Å². The van der Waals surface area contributed by atoms with Crippen molar-refractivity contribution in [2.75, 3.05) is 13.7 Å². The molecule has 36 heavy (non-hydrogen) atoms. The second-order valence-corrected chi connectivity index (χ2v) is 9.04. The zero-order valence-electron chi connectivity index (χ0n) is 18.9. The molecule has 1 aromatic heterocycles. The Hall–Kier alpha value is -3.18. The average molecular weight is 625 g/mol. The fraction of sp³-hybridized carbons (Fsp3) is 0.160. The third-order valence-electron chi connectivity index (χ3n) is 5.17. The van der Waals surface area contributed by atoms with E-state index in [2.05, 4.69) is 41.9 Å². The van der Waals surface area contributed by atoms with Crippen molar-refractivity contribution in [3.05, 3.63) is 85.0 Å². The maximum atomic E-state index is 13.4. The monoisotopic (exact) mass is 623 g/mol. The highest BCUT2D eigenvalue weighted by molar-refractivity contribution is 9.13. The molecule has 0 saturated carbocycles. The first kappa shape index (κ1) is 25.9. The molecule has 0 spiro atoms. The lowest BCUT2D eigenvalue weighted by Gasteiger charge is -2.14. The first-order valence-corrected chi connectivity index (χ1v) is 12.2. The summed E-state index contributed by atoms with van der Waals surface area (Å²) >= 11 is 6.94. The van der Waals surface area contributed by atoms with Crippen LogP contribution in [0.1, 0.15) is 18.1 Å². The fourth-order valence-corrected chi connectivity index (χ4v) is 4.51. The third kappa shape index (κ3) is 5.03. The number of hydrogen-bond donors (Lipinski definition) is 0. The van der Waals surface area contributed by atoms with Gasteiger partial charge in [0.2, 0.25) is 0 Å². The lowest BCUT2D eigenvalue weighted by atomic mass is 10.1. The number of rotatable bonds is 6. The molecule has 186 valence electrons. The van der Waals surface area contributed by atoms with Gasteiger partial charge in [-0.3, -0.25) is 4.79 Å². The lowest BCUT2D eigenvalue weighted by Crippen LogP contribution is -2.20. The van der Waals surface area contributed by atoms with Gasteiger partial charge in [0.1, 0.15) is 0 Å². The first-order valence-electron chi connectivity index (χ1n) is 10.6. The van der Waals surface area contributed by atoms with E-state index in [-0.39, 0.29) is 16.8 Å². The maximum Gasteiger partial charge on any atom is 0.416 e. The van der Waals surface area contributed by atoms with Crippen LogP contribution in [0.25, 0.3) is 22.3 Å². The maximum absolute atomic E-state index is 13.4. The molecule has 0 aliphatic rings. The van der Waals surface area contributed by atoms with Crippen LogP contribution >= 0.6 is 31.9 Å². The van der Waals surface area contributed by atoms with Crippen LogP contribution in [0.15, 0.2) is 73.4 Å². The van der Waals surface area contributed by atoms with Crippen molar-refractivity contribution in [2.45, 2.75) is 13.1 Å². The molecule has 0 atom stereocenters. The summed E-state index contributed by atoms with van der Waals surface area (Å²) in [5, 5.41) is 4.61. The van der Waals surface area contributed by atoms with Gasteiger partial charge in [-0.2, -0.15) is 22.9 Å².